The summed E-state index contributed by atoms with van der Waals surface area (Å²) in [6, 6.07) is 0. The number of aromatic amines is 1. The Labute approximate surface area is 123 Å². The standard InChI is InChI=1S/C14H13F3N2OS/c15-14(16,17)9-3-1-8(2-4-9)12-18-11-5-6-21-7-10(11)13(20)19-12/h1-3,9H,4-7H2,(H,18,19,20). The molecule has 1 aromatic rings. The van der Waals surface area contributed by atoms with Gasteiger partial charge in [0.2, 0.25) is 0 Å². The number of nitrogens with zero attached hydrogens (tertiary/aromatic N) is 1. The molecule has 1 atom stereocenters. The van der Waals surface area contributed by atoms with E-state index in [-0.39, 0.29) is 12.0 Å². The molecule has 0 bridgehead atoms. The van der Waals surface area contributed by atoms with Crippen molar-refractivity contribution in [2.75, 3.05) is 5.75 Å². The topological polar surface area (TPSA) is 45.8 Å². The van der Waals surface area contributed by atoms with E-state index in [1.807, 2.05) is 0 Å². The third-order valence-corrected chi connectivity index (χ3v) is 4.61. The van der Waals surface area contributed by atoms with Crippen LogP contribution in [0.25, 0.3) is 5.57 Å². The highest BCUT2D eigenvalue weighted by Gasteiger charge is 2.37. The summed E-state index contributed by atoms with van der Waals surface area (Å²) in [6.07, 6.45) is 0.381. The van der Waals surface area contributed by atoms with E-state index in [0.717, 1.165) is 23.9 Å². The molecule has 1 aromatic heterocycles. The molecule has 0 radical (unpaired) electrons. The Hall–Kier alpha value is -1.50. The largest absolute Gasteiger partial charge is 0.395 e. The second-order valence-corrected chi connectivity index (χ2v) is 6.15. The van der Waals surface area contributed by atoms with Crippen LogP contribution in [0.2, 0.25) is 0 Å². The summed E-state index contributed by atoms with van der Waals surface area (Å²) in [5.74, 6) is 0.459. The van der Waals surface area contributed by atoms with Gasteiger partial charge in [-0.3, -0.25) is 4.79 Å². The third kappa shape index (κ3) is 2.92. The number of fused-ring (bicyclic) bond motifs is 1. The molecule has 1 unspecified atom stereocenters. The minimum Gasteiger partial charge on any atom is -0.306 e. The molecule has 1 aliphatic carbocycles. The maximum atomic E-state index is 12.6. The Balaban J connectivity index is 1.89. The van der Waals surface area contributed by atoms with Crippen LogP contribution in [0.1, 0.15) is 23.5 Å². The second-order valence-electron chi connectivity index (χ2n) is 5.04. The lowest BCUT2D eigenvalue weighted by Crippen LogP contribution is -2.24. The third-order valence-electron chi connectivity index (χ3n) is 3.62. The van der Waals surface area contributed by atoms with Gasteiger partial charge in [-0.25, -0.2) is 4.98 Å². The highest BCUT2D eigenvalue weighted by molar-refractivity contribution is 7.98. The van der Waals surface area contributed by atoms with Gasteiger partial charge in [0.25, 0.3) is 5.56 Å². The molecule has 21 heavy (non-hydrogen) atoms. The normalized spacial score (nSPS) is 21.9. The first-order valence-electron chi connectivity index (χ1n) is 6.60. The van der Waals surface area contributed by atoms with Crippen LogP contribution in [0, 0.1) is 5.92 Å². The average Bonchev–Trinajstić information content (AvgIpc) is 2.46. The zero-order chi connectivity index (χ0) is 15.0. The Morgan fingerprint density at radius 3 is 2.86 bits per heavy atom. The molecule has 3 nitrogen and oxygen atoms in total. The van der Waals surface area contributed by atoms with Crippen molar-refractivity contribution < 1.29 is 13.2 Å². The van der Waals surface area contributed by atoms with E-state index in [1.165, 1.54) is 12.2 Å². The van der Waals surface area contributed by atoms with Gasteiger partial charge in [0, 0.05) is 16.9 Å². The quantitative estimate of drug-likeness (QED) is 0.866. The number of H-pyrrole nitrogens is 1. The van der Waals surface area contributed by atoms with Crippen molar-refractivity contribution in [3.05, 3.63) is 45.7 Å². The van der Waals surface area contributed by atoms with E-state index in [4.69, 9.17) is 0 Å². The lowest BCUT2D eigenvalue weighted by Gasteiger charge is -2.19. The molecule has 7 heteroatoms. The monoisotopic (exact) mass is 314 g/mol. The lowest BCUT2D eigenvalue weighted by atomic mass is 9.96. The van der Waals surface area contributed by atoms with Crippen LogP contribution in [-0.4, -0.2) is 21.9 Å². The number of thioether (sulfide) groups is 1. The summed E-state index contributed by atoms with van der Waals surface area (Å²) in [6.45, 7) is 0. The van der Waals surface area contributed by atoms with Gasteiger partial charge in [-0.05, 0) is 18.6 Å². The van der Waals surface area contributed by atoms with Crippen LogP contribution in [0.3, 0.4) is 0 Å². The molecule has 0 amide bonds. The summed E-state index contributed by atoms with van der Waals surface area (Å²) >= 11 is 1.68. The molecular weight excluding hydrogens is 301 g/mol. The van der Waals surface area contributed by atoms with Crippen molar-refractivity contribution >= 4 is 17.3 Å². The number of rotatable bonds is 1. The molecule has 112 valence electrons. The molecule has 0 spiro atoms. The predicted octanol–water partition coefficient (Wildman–Crippen LogP) is 3.08. The molecule has 1 aliphatic heterocycles. The molecular formula is C14H13F3N2OS. The van der Waals surface area contributed by atoms with Crippen molar-refractivity contribution in [3.63, 3.8) is 0 Å². The van der Waals surface area contributed by atoms with Crippen LogP contribution < -0.4 is 5.56 Å². The average molecular weight is 314 g/mol. The number of aryl methyl sites for hydroxylation is 1. The second kappa shape index (κ2) is 5.36. The van der Waals surface area contributed by atoms with Gasteiger partial charge in [0.05, 0.1) is 11.6 Å². The van der Waals surface area contributed by atoms with E-state index in [0.29, 0.717) is 22.7 Å². The molecule has 0 saturated heterocycles. The molecule has 0 saturated carbocycles. The minimum absolute atomic E-state index is 0.119. The molecule has 3 rings (SSSR count). The van der Waals surface area contributed by atoms with Gasteiger partial charge >= 0.3 is 6.18 Å². The molecule has 2 aliphatic rings. The molecule has 0 aromatic carbocycles. The van der Waals surface area contributed by atoms with E-state index in [1.54, 1.807) is 11.8 Å². The number of aromatic nitrogens is 2. The lowest BCUT2D eigenvalue weighted by molar-refractivity contribution is -0.160. The summed E-state index contributed by atoms with van der Waals surface area (Å²) in [5, 5.41) is 0. The van der Waals surface area contributed by atoms with E-state index in [2.05, 4.69) is 9.97 Å². The number of hydrogen-bond donors (Lipinski definition) is 1. The van der Waals surface area contributed by atoms with Crippen LogP contribution in [0.15, 0.2) is 23.0 Å². The van der Waals surface area contributed by atoms with Crippen molar-refractivity contribution in [1.29, 1.82) is 0 Å². The molecule has 0 fully saturated rings. The van der Waals surface area contributed by atoms with E-state index >= 15 is 0 Å². The maximum absolute atomic E-state index is 12.6. The smallest absolute Gasteiger partial charge is 0.306 e. The fourth-order valence-electron chi connectivity index (χ4n) is 2.42. The SMILES string of the molecule is O=c1[nH]c(C2=CCC(C(F)(F)F)C=C2)nc2c1CSCC2. The van der Waals surface area contributed by atoms with Crippen molar-refractivity contribution in [2.45, 2.75) is 24.8 Å². The number of alkyl halides is 3. The Kier molecular flexibility index (Phi) is 3.69. The molecule has 1 N–H and O–H groups in total. The van der Waals surface area contributed by atoms with Crippen LogP contribution in [-0.2, 0) is 12.2 Å². The first kappa shape index (κ1) is 14.4. The highest BCUT2D eigenvalue weighted by Crippen LogP contribution is 2.34. The van der Waals surface area contributed by atoms with Gasteiger partial charge in [-0.2, -0.15) is 24.9 Å². The fourth-order valence-corrected chi connectivity index (χ4v) is 3.40. The van der Waals surface area contributed by atoms with Crippen LogP contribution >= 0.6 is 11.8 Å². The van der Waals surface area contributed by atoms with Crippen LogP contribution in [0.5, 0.6) is 0 Å². The predicted molar refractivity (Wildman–Crippen MR) is 76.0 cm³/mol. The number of hydrogen-bond acceptors (Lipinski definition) is 3. The Morgan fingerprint density at radius 1 is 1.38 bits per heavy atom. The first-order chi connectivity index (χ1) is 9.95. The Morgan fingerprint density at radius 2 is 2.19 bits per heavy atom. The van der Waals surface area contributed by atoms with E-state index < -0.39 is 12.1 Å². The van der Waals surface area contributed by atoms with Crippen molar-refractivity contribution in [1.82, 2.24) is 9.97 Å². The number of allylic oxidation sites excluding steroid dienone is 4. The van der Waals surface area contributed by atoms with Gasteiger partial charge in [0.15, 0.2) is 0 Å². The molecule has 2 heterocycles. The van der Waals surface area contributed by atoms with Gasteiger partial charge in [-0.15, -0.1) is 0 Å². The summed E-state index contributed by atoms with van der Waals surface area (Å²) < 4.78 is 37.8. The van der Waals surface area contributed by atoms with Gasteiger partial charge < -0.3 is 4.98 Å². The minimum atomic E-state index is -4.23. The van der Waals surface area contributed by atoms with Gasteiger partial charge in [-0.1, -0.05) is 18.2 Å². The number of halogens is 3. The van der Waals surface area contributed by atoms with Gasteiger partial charge in [0.1, 0.15) is 5.82 Å². The fraction of sp³-hybridized carbons (Fsp3) is 0.429. The summed E-state index contributed by atoms with van der Waals surface area (Å²) in [7, 11) is 0. The zero-order valence-corrected chi connectivity index (χ0v) is 11.9. The Bertz CT molecular complexity index is 676. The number of nitrogens with one attached hydrogen (secondary N) is 1. The zero-order valence-electron chi connectivity index (χ0n) is 11.0. The summed E-state index contributed by atoms with van der Waals surface area (Å²) in [4.78, 5) is 19.1. The summed E-state index contributed by atoms with van der Waals surface area (Å²) in [5.41, 5.74) is 1.81. The van der Waals surface area contributed by atoms with E-state index in [9.17, 15) is 18.0 Å². The van der Waals surface area contributed by atoms with Crippen LogP contribution in [0.4, 0.5) is 13.2 Å². The highest BCUT2D eigenvalue weighted by atomic mass is 32.2. The van der Waals surface area contributed by atoms with Crippen molar-refractivity contribution in [3.8, 4) is 0 Å². The first-order valence-corrected chi connectivity index (χ1v) is 7.76. The maximum Gasteiger partial charge on any atom is 0.395 e. The van der Waals surface area contributed by atoms with Crippen molar-refractivity contribution in [2.24, 2.45) is 5.92 Å².